The average Bonchev–Trinajstić information content (AvgIpc) is 3.41. The maximum atomic E-state index is 12.2. The molecule has 0 aliphatic carbocycles. The highest BCUT2D eigenvalue weighted by Gasteiger charge is 2.17. The SMILES string of the molecule is O=C(NNC(=O)c1ccc2c(c1)OCO2)c1ccc(OCC2CCCO2)cc1. The van der Waals surface area contributed by atoms with E-state index in [-0.39, 0.29) is 12.9 Å². The fraction of sp³-hybridized carbons (Fsp3) is 0.300. The van der Waals surface area contributed by atoms with E-state index in [1.54, 1.807) is 42.5 Å². The van der Waals surface area contributed by atoms with E-state index in [0.717, 1.165) is 19.4 Å². The second-order valence-corrected chi connectivity index (χ2v) is 6.45. The number of ether oxygens (including phenoxy) is 4. The van der Waals surface area contributed by atoms with E-state index in [4.69, 9.17) is 18.9 Å². The van der Waals surface area contributed by atoms with Crippen LogP contribution in [0.25, 0.3) is 0 Å². The Morgan fingerprint density at radius 1 is 0.964 bits per heavy atom. The Labute approximate surface area is 161 Å². The molecular weight excluding hydrogens is 364 g/mol. The van der Waals surface area contributed by atoms with Gasteiger partial charge in [0.1, 0.15) is 12.4 Å². The largest absolute Gasteiger partial charge is 0.491 e. The smallest absolute Gasteiger partial charge is 0.269 e. The molecule has 1 saturated heterocycles. The van der Waals surface area contributed by atoms with Crippen molar-refractivity contribution in [3.8, 4) is 17.2 Å². The molecule has 2 N–H and O–H groups in total. The van der Waals surface area contributed by atoms with Crippen LogP contribution in [0.4, 0.5) is 0 Å². The molecule has 2 heterocycles. The van der Waals surface area contributed by atoms with Gasteiger partial charge in [-0.1, -0.05) is 0 Å². The summed E-state index contributed by atoms with van der Waals surface area (Å²) in [6, 6.07) is 11.5. The Bertz CT molecular complexity index is 861. The first-order chi connectivity index (χ1) is 13.7. The molecule has 2 amide bonds. The van der Waals surface area contributed by atoms with Crippen LogP contribution in [0.5, 0.6) is 17.2 Å². The van der Waals surface area contributed by atoms with Crippen LogP contribution in [0.1, 0.15) is 33.6 Å². The van der Waals surface area contributed by atoms with Gasteiger partial charge in [-0.25, -0.2) is 0 Å². The van der Waals surface area contributed by atoms with Crippen LogP contribution in [0.3, 0.4) is 0 Å². The zero-order chi connectivity index (χ0) is 19.3. The van der Waals surface area contributed by atoms with Gasteiger partial charge in [-0.2, -0.15) is 0 Å². The molecule has 8 heteroatoms. The summed E-state index contributed by atoms with van der Waals surface area (Å²) >= 11 is 0. The molecule has 0 aromatic heterocycles. The van der Waals surface area contributed by atoms with E-state index in [1.165, 1.54) is 0 Å². The number of benzene rings is 2. The van der Waals surface area contributed by atoms with Gasteiger partial charge in [0.25, 0.3) is 11.8 Å². The lowest BCUT2D eigenvalue weighted by atomic mass is 10.2. The van der Waals surface area contributed by atoms with Gasteiger partial charge in [0.15, 0.2) is 11.5 Å². The highest BCUT2D eigenvalue weighted by atomic mass is 16.7. The number of carbonyl (C=O) groups excluding carboxylic acids is 2. The highest BCUT2D eigenvalue weighted by molar-refractivity contribution is 5.99. The van der Waals surface area contributed by atoms with Gasteiger partial charge in [-0.15, -0.1) is 0 Å². The number of amides is 2. The Morgan fingerprint density at radius 3 is 2.43 bits per heavy atom. The molecule has 2 aromatic rings. The minimum atomic E-state index is -0.455. The summed E-state index contributed by atoms with van der Waals surface area (Å²) in [6.07, 6.45) is 2.20. The molecule has 1 fully saturated rings. The Balaban J connectivity index is 1.27. The van der Waals surface area contributed by atoms with Crippen LogP contribution in [0.15, 0.2) is 42.5 Å². The second kappa shape index (κ2) is 8.18. The van der Waals surface area contributed by atoms with Crippen molar-refractivity contribution in [1.82, 2.24) is 10.9 Å². The molecule has 146 valence electrons. The molecule has 0 saturated carbocycles. The summed E-state index contributed by atoms with van der Waals surface area (Å²) in [5.41, 5.74) is 5.52. The van der Waals surface area contributed by atoms with Crippen molar-refractivity contribution in [2.45, 2.75) is 18.9 Å². The number of hydrazine groups is 1. The molecule has 2 aliphatic rings. The van der Waals surface area contributed by atoms with Crippen LogP contribution in [-0.4, -0.2) is 37.9 Å². The molecule has 8 nitrogen and oxygen atoms in total. The van der Waals surface area contributed by atoms with Gasteiger partial charge in [-0.3, -0.25) is 20.4 Å². The summed E-state index contributed by atoms with van der Waals surface area (Å²) in [6.45, 7) is 1.41. The van der Waals surface area contributed by atoms with Gasteiger partial charge < -0.3 is 18.9 Å². The fourth-order valence-electron chi connectivity index (χ4n) is 2.96. The highest BCUT2D eigenvalue weighted by Crippen LogP contribution is 2.32. The monoisotopic (exact) mass is 384 g/mol. The standard InChI is InChI=1S/C20H20N2O6/c23-19(13-3-6-15(7-4-13)26-11-16-2-1-9-25-16)21-22-20(24)14-5-8-17-18(10-14)28-12-27-17/h3-8,10,16H,1-2,9,11-12H2,(H,21,23)(H,22,24). The molecule has 1 atom stereocenters. The summed E-state index contributed by atoms with van der Waals surface area (Å²) in [5.74, 6) is 0.860. The minimum absolute atomic E-state index is 0.129. The summed E-state index contributed by atoms with van der Waals surface area (Å²) in [7, 11) is 0. The van der Waals surface area contributed by atoms with E-state index in [2.05, 4.69) is 10.9 Å². The maximum Gasteiger partial charge on any atom is 0.269 e. The van der Waals surface area contributed by atoms with Crippen LogP contribution in [0.2, 0.25) is 0 Å². The third kappa shape index (κ3) is 4.17. The summed E-state index contributed by atoms with van der Waals surface area (Å²) in [5, 5.41) is 0. The predicted molar refractivity (Wildman–Crippen MR) is 98.4 cm³/mol. The van der Waals surface area contributed by atoms with E-state index < -0.39 is 11.8 Å². The Morgan fingerprint density at radius 2 is 1.68 bits per heavy atom. The van der Waals surface area contributed by atoms with Crippen molar-refractivity contribution in [1.29, 1.82) is 0 Å². The molecular formula is C20H20N2O6. The van der Waals surface area contributed by atoms with Crippen LogP contribution in [0, 0.1) is 0 Å². The second-order valence-electron chi connectivity index (χ2n) is 6.45. The first-order valence-electron chi connectivity index (χ1n) is 9.04. The lowest BCUT2D eigenvalue weighted by Gasteiger charge is -2.12. The molecule has 28 heavy (non-hydrogen) atoms. The van der Waals surface area contributed by atoms with E-state index in [1.807, 2.05) is 0 Å². The minimum Gasteiger partial charge on any atom is -0.491 e. The Hall–Kier alpha value is -3.26. The van der Waals surface area contributed by atoms with Gasteiger partial charge in [0.2, 0.25) is 6.79 Å². The molecule has 0 radical (unpaired) electrons. The van der Waals surface area contributed by atoms with Crippen molar-refractivity contribution in [2.75, 3.05) is 20.0 Å². The van der Waals surface area contributed by atoms with Gasteiger partial charge >= 0.3 is 0 Å². The molecule has 4 rings (SSSR count). The van der Waals surface area contributed by atoms with Crippen molar-refractivity contribution in [3.63, 3.8) is 0 Å². The van der Waals surface area contributed by atoms with Crippen molar-refractivity contribution in [3.05, 3.63) is 53.6 Å². The number of rotatable bonds is 5. The molecule has 2 aromatic carbocycles. The average molecular weight is 384 g/mol. The lowest BCUT2D eigenvalue weighted by Crippen LogP contribution is -2.41. The molecule has 0 bridgehead atoms. The van der Waals surface area contributed by atoms with Crippen LogP contribution < -0.4 is 25.1 Å². The number of hydrogen-bond donors (Lipinski definition) is 2. The predicted octanol–water partition coefficient (Wildman–Crippen LogP) is 2.05. The topological polar surface area (TPSA) is 95.1 Å². The van der Waals surface area contributed by atoms with E-state index in [9.17, 15) is 9.59 Å². The summed E-state index contributed by atoms with van der Waals surface area (Å²) < 4.78 is 21.6. The van der Waals surface area contributed by atoms with Crippen LogP contribution >= 0.6 is 0 Å². The van der Waals surface area contributed by atoms with Gasteiger partial charge in [0, 0.05) is 17.7 Å². The number of carbonyl (C=O) groups is 2. The first kappa shape index (κ1) is 18.1. The lowest BCUT2D eigenvalue weighted by molar-refractivity contribution is 0.0679. The first-order valence-corrected chi connectivity index (χ1v) is 9.04. The molecule has 1 unspecified atom stereocenters. The zero-order valence-electron chi connectivity index (χ0n) is 15.1. The molecule has 2 aliphatic heterocycles. The Kier molecular flexibility index (Phi) is 5.29. The number of nitrogens with one attached hydrogen (secondary N) is 2. The quantitative estimate of drug-likeness (QED) is 0.766. The fourth-order valence-corrected chi connectivity index (χ4v) is 2.96. The third-order valence-corrected chi connectivity index (χ3v) is 4.50. The van der Waals surface area contributed by atoms with Crippen molar-refractivity contribution in [2.24, 2.45) is 0 Å². The van der Waals surface area contributed by atoms with Gasteiger partial charge in [-0.05, 0) is 55.3 Å². The van der Waals surface area contributed by atoms with Gasteiger partial charge in [0.05, 0.1) is 6.10 Å². The normalized spacial score (nSPS) is 17.2. The summed E-state index contributed by atoms with van der Waals surface area (Å²) in [4.78, 5) is 24.4. The number of hydrogen-bond acceptors (Lipinski definition) is 6. The third-order valence-electron chi connectivity index (χ3n) is 4.50. The van der Waals surface area contributed by atoms with Crippen molar-refractivity contribution >= 4 is 11.8 Å². The van der Waals surface area contributed by atoms with Crippen molar-refractivity contribution < 1.29 is 28.5 Å². The van der Waals surface area contributed by atoms with E-state index >= 15 is 0 Å². The maximum absolute atomic E-state index is 12.2. The zero-order valence-corrected chi connectivity index (χ0v) is 15.1. The number of fused-ring (bicyclic) bond motifs is 1. The van der Waals surface area contributed by atoms with E-state index in [0.29, 0.717) is 35.0 Å². The molecule has 0 spiro atoms. The van der Waals surface area contributed by atoms with Crippen LogP contribution in [-0.2, 0) is 4.74 Å².